The quantitative estimate of drug-likeness (QED) is 0.422. The number of aliphatic carboxylic acids is 1. The third kappa shape index (κ3) is 5.95. The van der Waals surface area contributed by atoms with Gasteiger partial charge in [-0.05, 0) is 31.0 Å². The van der Waals surface area contributed by atoms with Crippen molar-refractivity contribution in [3.63, 3.8) is 0 Å². The number of halogens is 2. The van der Waals surface area contributed by atoms with Crippen molar-refractivity contribution < 1.29 is 23.5 Å². The van der Waals surface area contributed by atoms with Crippen LogP contribution in [0.1, 0.15) is 42.4 Å². The van der Waals surface area contributed by atoms with E-state index in [-0.39, 0.29) is 18.6 Å². The molecule has 2 aromatic rings. The van der Waals surface area contributed by atoms with Gasteiger partial charge in [0.15, 0.2) is 0 Å². The van der Waals surface area contributed by atoms with Crippen molar-refractivity contribution in [3.8, 4) is 0 Å². The summed E-state index contributed by atoms with van der Waals surface area (Å²) < 4.78 is 25.9. The molecular weight excluding hydrogens is 330 g/mol. The van der Waals surface area contributed by atoms with Gasteiger partial charge in [0.05, 0.1) is 0 Å². The lowest BCUT2D eigenvalue weighted by atomic mass is 10.0. The number of benzene rings is 1. The molecule has 0 spiro atoms. The van der Waals surface area contributed by atoms with Crippen LogP contribution >= 0.6 is 0 Å². The second-order valence-corrected chi connectivity index (χ2v) is 5.29. The average molecular weight is 348 g/mol. The first kappa shape index (κ1) is 18.5. The third-order valence-electron chi connectivity index (χ3n) is 3.38. The molecule has 0 aliphatic carbocycles. The topological polar surface area (TPSA) is 71.8 Å². The summed E-state index contributed by atoms with van der Waals surface area (Å²) in [5.41, 5.74) is 1.43. The number of rotatable bonds is 9. The Hall–Kier alpha value is -2.83. The molecule has 0 aliphatic heterocycles. The molecule has 0 amide bonds. The van der Waals surface area contributed by atoms with Crippen LogP contribution in [0.4, 0.5) is 8.78 Å². The molecule has 7 heteroatoms. The van der Waals surface area contributed by atoms with Crippen LogP contribution in [0.15, 0.2) is 53.9 Å². The highest BCUT2D eigenvalue weighted by Crippen LogP contribution is 2.21. The number of alkyl halides is 2. The SMILES string of the molecule is O=C(O)CCCCO/N=C(/c1cccnc1)c1cccc(C(F)F)c1. The van der Waals surface area contributed by atoms with Crippen molar-refractivity contribution in [3.05, 3.63) is 65.5 Å². The summed E-state index contributed by atoms with van der Waals surface area (Å²) in [6, 6.07) is 9.40. The van der Waals surface area contributed by atoms with Crippen LogP contribution in [0.25, 0.3) is 0 Å². The molecule has 0 fully saturated rings. The number of oxime groups is 1. The van der Waals surface area contributed by atoms with Gasteiger partial charge in [-0.25, -0.2) is 8.78 Å². The van der Waals surface area contributed by atoms with Gasteiger partial charge in [-0.1, -0.05) is 23.4 Å². The van der Waals surface area contributed by atoms with Crippen LogP contribution in [0.3, 0.4) is 0 Å². The Morgan fingerprint density at radius 3 is 2.68 bits per heavy atom. The Labute approximate surface area is 144 Å². The average Bonchev–Trinajstić information content (AvgIpc) is 2.61. The van der Waals surface area contributed by atoms with Crippen molar-refractivity contribution in [2.45, 2.75) is 25.7 Å². The van der Waals surface area contributed by atoms with Gasteiger partial charge in [0.2, 0.25) is 0 Å². The molecule has 1 aromatic heterocycles. The fourth-order valence-corrected chi connectivity index (χ4v) is 2.15. The van der Waals surface area contributed by atoms with Gasteiger partial charge >= 0.3 is 5.97 Å². The third-order valence-corrected chi connectivity index (χ3v) is 3.38. The minimum atomic E-state index is -2.58. The molecule has 132 valence electrons. The normalized spacial score (nSPS) is 11.6. The minimum absolute atomic E-state index is 0.0684. The second-order valence-electron chi connectivity index (χ2n) is 5.29. The molecule has 0 saturated heterocycles. The summed E-state index contributed by atoms with van der Waals surface area (Å²) in [5, 5.41) is 12.7. The fraction of sp³-hybridized carbons (Fsp3) is 0.278. The minimum Gasteiger partial charge on any atom is -0.481 e. The van der Waals surface area contributed by atoms with Crippen molar-refractivity contribution in [1.82, 2.24) is 4.98 Å². The highest BCUT2D eigenvalue weighted by molar-refractivity contribution is 6.12. The Morgan fingerprint density at radius 2 is 2.00 bits per heavy atom. The Balaban J connectivity index is 2.15. The van der Waals surface area contributed by atoms with Crippen LogP contribution in [0.5, 0.6) is 0 Å². The first-order valence-electron chi connectivity index (χ1n) is 7.78. The standard InChI is InChI=1S/C18H18F2N2O3/c19-18(20)14-6-3-5-13(11-14)17(15-7-4-9-21-12-15)22-25-10-2-1-8-16(23)24/h3-7,9,11-12,18H,1-2,8,10H2,(H,23,24)/b22-17+. The van der Waals surface area contributed by atoms with E-state index in [0.29, 0.717) is 29.7 Å². The lowest BCUT2D eigenvalue weighted by Crippen LogP contribution is -2.06. The summed E-state index contributed by atoms with van der Waals surface area (Å²) in [6.07, 6.45) is 1.68. The molecule has 1 aromatic carbocycles. The number of nitrogens with zero attached hydrogens (tertiary/aromatic N) is 2. The van der Waals surface area contributed by atoms with E-state index in [1.54, 1.807) is 30.6 Å². The zero-order valence-electron chi connectivity index (χ0n) is 13.4. The van der Waals surface area contributed by atoms with Crippen LogP contribution in [-0.2, 0) is 9.63 Å². The summed E-state index contributed by atoms with van der Waals surface area (Å²) >= 11 is 0. The number of hydrogen-bond acceptors (Lipinski definition) is 4. The zero-order chi connectivity index (χ0) is 18.1. The predicted octanol–water partition coefficient (Wildman–Crippen LogP) is 4.04. The number of aromatic nitrogens is 1. The van der Waals surface area contributed by atoms with Gasteiger partial charge in [-0.3, -0.25) is 9.78 Å². The molecule has 0 saturated carbocycles. The van der Waals surface area contributed by atoms with E-state index in [0.717, 1.165) is 0 Å². The van der Waals surface area contributed by atoms with E-state index in [1.807, 2.05) is 0 Å². The molecule has 0 unspecified atom stereocenters. The molecule has 0 aliphatic rings. The maximum Gasteiger partial charge on any atom is 0.303 e. The highest BCUT2D eigenvalue weighted by atomic mass is 19.3. The second kappa shape index (κ2) is 9.46. The highest BCUT2D eigenvalue weighted by Gasteiger charge is 2.13. The Bertz CT molecular complexity index is 721. The van der Waals surface area contributed by atoms with Crippen LogP contribution < -0.4 is 0 Å². The van der Waals surface area contributed by atoms with Crippen molar-refractivity contribution in [2.24, 2.45) is 5.16 Å². The van der Waals surface area contributed by atoms with Crippen molar-refractivity contribution in [1.29, 1.82) is 0 Å². The summed E-state index contributed by atoms with van der Waals surface area (Å²) in [5.74, 6) is -0.858. The summed E-state index contributed by atoms with van der Waals surface area (Å²) in [4.78, 5) is 19.7. The lowest BCUT2D eigenvalue weighted by molar-refractivity contribution is -0.137. The van der Waals surface area contributed by atoms with Gasteiger partial charge in [-0.2, -0.15) is 0 Å². The smallest absolute Gasteiger partial charge is 0.303 e. The van der Waals surface area contributed by atoms with E-state index in [2.05, 4.69) is 10.1 Å². The van der Waals surface area contributed by atoms with Crippen molar-refractivity contribution in [2.75, 3.05) is 6.61 Å². The first-order valence-corrected chi connectivity index (χ1v) is 7.78. The fourth-order valence-electron chi connectivity index (χ4n) is 2.15. The molecule has 5 nitrogen and oxygen atoms in total. The number of unbranched alkanes of at least 4 members (excludes halogenated alkanes) is 1. The lowest BCUT2D eigenvalue weighted by Gasteiger charge is -2.09. The summed E-state index contributed by atoms with van der Waals surface area (Å²) in [7, 11) is 0. The molecule has 0 radical (unpaired) electrons. The number of pyridine rings is 1. The van der Waals surface area contributed by atoms with Crippen molar-refractivity contribution >= 4 is 11.7 Å². The molecular formula is C18H18F2N2O3. The number of carboxylic acid groups (broad SMARTS) is 1. The molecule has 1 N–H and O–H groups in total. The van der Waals surface area contributed by atoms with Gasteiger partial charge < -0.3 is 9.94 Å². The van der Waals surface area contributed by atoms with E-state index < -0.39 is 12.4 Å². The molecule has 2 rings (SSSR count). The van der Waals surface area contributed by atoms with Gasteiger partial charge in [-0.15, -0.1) is 0 Å². The molecule has 0 bridgehead atoms. The maximum atomic E-state index is 12.9. The number of carbonyl (C=O) groups is 1. The molecule has 1 heterocycles. The Kier molecular flexibility index (Phi) is 7.00. The van der Waals surface area contributed by atoms with E-state index in [4.69, 9.17) is 9.94 Å². The van der Waals surface area contributed by atoms with Crippen LogP contribution in [-0.4, -0.2) is 28.4 Å². The van der Waals surface area contributed by atoms with Crippen LogP contribution in [0, 0.1) is 0 Å². The molecule has 25 heavy (non-hydrogen) atoms. The largest absolute Gasteiger partial charge is 0.481 e. The van der Waals surface area contributed by atoms with Gasteiger partial charge in [0, 0.05) is 35.5 Å². The monoisotopic (exact) mass is 348 g/mol. The predicted molar refractivity (Wildman–Crippen MR) is 88.7 cm³/mol. The van der Waals surface area contributed by atoms with Gasteiger partial charge in [0.1, 0.15) is 12.3 Å². The van der Waals surface area contributed by atoms with E-state index >= 15 is 0 Å². The Morgan fingerprint density at radius 1 is 1.20 bits per heavy atom. The molecule has 0 atom stereocenters. The van der Waals surface area contributed by atoms with E-state index in [1.165, 1.54) is 18.2 Å². The van der Waals surface area contributed by atoms with Crippen LogP contribution in [0.2, 0.25) is 0 Å². The van der Waals surface area contributed by atoms with Gasteiger partial charge in [0.25, 0.3) is 6.43 Å². The summed E-state index contributed by atoms with van der Waals surface area (Å²) in [6.45, 7) is 0.242. The zero-order valence-corrected chi connectivity index (χ0v) is 13.4. The number of hydrogen-bond donors (Lipinski definition) is 1. The van der Waals surface area contributed by atoms with E-state index in [9.17, 15) is 13.6 Å². The maximum absolute atomic E-state index is 12.9. The first-order chi connectivity index (χ1) is 12.1. The number of carboxylic acids is 1.